The van der Waals surface area contributed by atoms with Crippen LogP contribution in [-0.2, 0) is 4.79 Å². The van der Waals surface area contributed by atoms with Gasteiger partial charge in [-0.25, -0.2) is 0 Å². The maximum atomic E-state index is 10.3. The third-order valence-corrected chi connectivity index (χ3v) is 1.54. The molecule has 0 aliphatic carbocycles. The average molecular weight is 196 g/mol. The first kappa shape index (κ1) is 10.5. The molecule has 0 aliphatic rings. The predicted octanol–water partition coefficient (Wildman–Crippen LogP) is -4.09. The van der Waals surface area contributed by atoms with Crippen molar-refractivity contribution in [3.05, 3.63) is 0 Å². The van der Waals surface area contributed by atoms with Crippen LogP contribution in [0, 0.1) is 0 Å². The van der Waals surface area contributed by atoms with E-state index >= 15 is 0 Å². The molecule has 13 heavy (non-hydrogen) atoms. The van der Waals surface area contributed by atoms with Crippen LogP contribution in [0.25, 0.3) is 0 Å². The summed E-state index contributed by atoms with van der Waals surface area (Å²) in [4.78, 5) is 10.3. The van der Waals surface area contributed by atoms with Crippen LogP contribution < -0.4 is 5.73 Å². The lowest BCUT2D eigenvalue weighted by atomic mass is 10.00. The Morgan fingerprint density at radius 2 is 2.08 bits per heavy atom. The standard InChI is InChI=1S/C6H13NO6/c7-6(13,2-9)5(12)4(11)3(10)1-8/h2-5,8,10-13H,1,7H2/t3-,4-,5+,6-/m1/s1/i/hD. The van der Waals surface area contributed by atoms with Crippen molar-refractivity contribution in [2.45, 2.75) is 24.0 Å². The minimum atomic E-state index is -2.68. The first-order valence-electron chi connectivity index (χ1n) is 3.95. The van der Waals surface area contributed by atoms with E-state index in [4.69, 9.17) is 26.9 Å². The van der Waals surface area contributed by atoms with Gasteiger partial charge in [-0.05, 0) is 0 Å². The van der Waals surface area contributed by atoms with Gasteiger partial charge in [0.15, 0.2) is 12.0 Å². The summed E-state index contributed by atoms with van der Waals surface area (Å²) in [6.45, 7) is -0.856. The first-order valence-corrected chi connectivity index (χ1v) is 3.45. The molecule has 0 aromatic carbocycles. The molecule has 4 atom stereocenters. The normalized spacial score (nSPS) is 23.9. The molecule has 0 spiro atoms. The van der Waals surface area contributed by atoms with Crippen LogP contribution in [0.4, 0.5) is 0 Å². The number of hydrogen-bond donors (Lipinski definition) is 6. The Balaban J connectivity index is 4.57. The van der Waals surface area contributed by atoms with Gasteiger partial charge in [0.25, 0.3) is 0 Å². The molecule has 0 unspecified atom stereocenters. The van der Waals surface area contributed by atoms with Gasteiger partial charge in [0.2, 0.25) is 0 Å². The molecule has 7 N–H and O–H groups in total. The number of rotatable bonds is 6. The highest BCUT2D eigenvalue weighted by atomic mass is 16.4. The van der Waals surface area contributed by atoms with E-state index in [1.54, 1.807) is 0 Å². The fourth-order valence-corrected chi connectivity index (χ4v) is 0.648. The second-order valence-corrected chi connectivity index (χ2v) is 2.63. The van der Waals surface area contributed by atoms with Gasteiger partial charge in [-0.2, -0.15) is 0 Å². The van der Waals surface area contributed by atoms with Crippen molar-refractivity contribution in [3.8, 4) is 0 Å². The van der Waals surface area contributed by atoms with Gasteiger partial charge >= 0.3 is 0 Å². The van der Waals surface area contributed by atoms with Crippen molar-refractivity contribution < 1.29 is 31.7 Å². The third-order valence-electron chi connectivity index (χ3n) is 1.54. The molecule has 0 saturated carbocycles. The third kappa shape index (κ3) is 2.99. The van der Waals surface area contributed by atoms with Crippen LogP contribution in [0.5, 0.6) is 0 Å². The summed E-state index contributed by atoms with van der Waals surface area (Å²) in [6, 6.07) is 0. The fraction of sp³-hybridized carbons (Fsp3) is 0.833. The van der Waals surface area contributed by atoms with E-state index in [0.29, 0.717) is 0 Å². The van der Waals surface area contributed by atoms with Crippen LogP contribution in [0.2, 0.25) is 1.41 Å². The molecule has 0 heterocycles. The van der Waals surface area contributed by atoms with Crippen molar-refractivity contribution in [1.29, 1.82) is 0 Å². The molecular formula is C6H13NO6. The van der Waals surface area contributed by atoms with E-state index < -0.39 is 30.6 Å². The van der Waals surface area contributed by atoms with Crippen LogP contribution in [0.1, 0.15) is 0 Å². The molecule has 0 saturated heterocycles. The topological polar surface area (TPSA) is 144 Å². The average Bonchev–Trinajstić information content (AvgIpc) is 2.24. The van der Waals surface area contributed by atoms with Crippen LogP contribution in [0.3, 0.4) is 0 Å². The summed E-state index contributed by atoms with van der Waals surface area (Å²) in [7, 11) is 0. The molecule has 0 rings (SSSR count). The lowest BCUT2D eigenvalue weighted by Gasteiger charge is -2.28. The Kier molecular flexibility index (Phi) is 3.72. The maximum absolute atomic E-state index is 10.3. The maximum Gasteiger partial charge on any atom is 0.199 e. The van der Waals surface area contributed by atoms with Gasteiger partial charge in [0.1, 0.15) is 19.7 Å². The Bertz CT molecular complexity index is 193. The quantitative estimate of drug-likeness (QED) is 0.187. The Labute approximate surface area is 75.5 Å². The van der Waals surface area contributed by atoms with Crippen molar-refractivity contribution in [3.63, 3.8) is 0 Å². The molecule has 78 valence electrons. The lowest BCUT2D eigenvalue weighted by molar-refractivity contribution is -0.163. The first-order chi connectivity index (χ1) is 6.42. The number of aliphatic hydroxyl groups is 5. The molecule has 0 radical (unpaired) electrons. The zero-order valence-corrected chi connectivity index (χ0v) is 6.66. The van der Waals surface area contributed by atoms with E-state index in [1.807, 2.05) is 0 Å². The van der Waals surface area contributed by atoms with Gasteiger partial charge in [-0.3, -0.25) is 10.5 Å². The van der Waals surface area contributed by atoms with Crippen molar-refractivity contribution in [2.24, 2.45) is 5.73 Å². The molecule has 7 heteroatoms. The van der Waals surface area contributed by atoms with Crippen molar-refractivity contribution in [1.82, 2.24) is 0 Å². The van der Waals surface area contributed by atoms with Gasteiger partial charge in [-0.1, -0.05) is 0 Å². The number of carbonyl (C=O) groups excluding carboxylic acids is 1. The number of nitrogens with two attached hydrogens (primary N) is 1. The summed E-state index contributed by atoms with van der Waals surface area (Å²) in [5, 5.41) is 44.7. The summed E-state index contributed by atoms with van der Waals surface area (Å²) < 4.78 is 6.53. The van der Waals surface area contributed by atoms with E-state index in [0.717, 1.165) is 0 Å². The highest BCUT2D eigenvalue weighted by Gasteiger charge is 2.39. The predicted molar refractivity (Wildman–Crippen MR) is 40.3 cm³/mol. The summed E-state index contributed by atoms with van der Waals surface area (Å²) >= 11 is 0. The van der Waals surface area contributed by atoms with Crippen LogP contribution in [-0.4, -0.2) is 62.5 Å². The molecule has 0 aromatic rings. The van der Waals surface area contributed by atoms with E-state index in [-0.39, 0.29) is 6.29 Å². The minimum Gasteiger partial charge on any atom is -0.394 e. The van der Waals surface area contributed by atoms with E-state index in [2.05, 4.69) is 0 Å². The smallest absolute Gasteiger partial charge is 0.199 e. The summed E-state index contributed by atoms with van der Waals surface area (Å²) in [5.41, 5.74) is -1.36. The number of aliphatic hydroxyl groups excluding tert-OH is 4. The van der Waals surface area contributed by atoms with Gasteiger partial charge < -0.3 is 25.5 Å². The van der Waals surface area contributed by atoms with Gasteiger partial charge in [-0.15, -0.1) is 0 Å². The van der Waals surface area contributed by atoms with E-state index in [9.17, 15) is 4.79 Å². The molecule has 0 fully saturated rings. The zero-order chi connectivity index (χ0) is 11.4. The lowest BCUT2D eigenvalue weighted by Crippen LogP contribution is -2.60. The van der Waals surface area contributed by atoms with Crippen LogP contribution in [0.15, 0.2) is 0 Å². The molecular weight excluding hydrogens is 182 g/mol. The molecule has 0 bridgehead atoms. The Morgan fingerprint density at radius 1 is 1.54 bits per heavy atom. The van der Waals surface area contributed by atoms with Crippen LogP contribution >= 0.6 is 0 Å². The number of hydrogen-bond acceptors (Lipinski definition) is 7. The second kappa shape index (κ2) is 4.61. The SMILES string of the molecule is [2H]N[C@@](O)(C=O)[C@@H](O)[C@H](O)[C@H](O)CO. The van der Waals surface area contributed by atoms with Crippen molar-refractivity contribution >= 4 is 6.29 Å². The largest absolute Gasteiger partial charge is 0.394 e. The summed E-state index contributed by atoms with van der Waals surface area (Å²) in [5.74, 6) is 0. The zero-order valence-electron chi connectivity index (χ0n) is 7.66. The van der Waals surface area contributed by atoms with Crippen molar-refractivity contribution in [2.75, 3.05) is 6.61 Å². The van der Waals surface area contributed by atoms with Gasteiger partial charge in [0, 0.05) is 0 Å². The molecule has 0 aliphatic heterocycles. The molecule has 0 amide bonds. The van der Waals surface area contributed by atoms with Gasteiger partial charge in [0.05, 0.1) is 6.61 Å². The Hall–Kier alpha value is -0.570. The highest BCUT2D eigenvalue weighted by molar-refractivity contribution is 5.62. The Morgan fingerprint density at radius 3 is 2.38 bits per heavy atom. The fourth-order valence-electron chi connectivity index (χ4n) is 0.648. The summed E-state index contributed by atoms with van der Waals surface area (Å²) in [6.07, 6.45) is -5.99. The number of carbonyl (C=O) groups is 1. The van der Waals surface area contributed by atoms with E-state index in [1.165, 1.54) is 5.73 Å². The minimum absolute atomic E-state index is 0.196. The highest BCUT2D eigenvalue weighted by Crippen LogP contribution is 2.08. The number of aldehydes is 1. The molecule has 0 aromatic heterocycles. The molecule has 7 nitrogen and oxygen atoms in total. The second-order valence-electron chi connectivity index (χ2n) is 2.63. The monoisotopic (exact) mass is 196 g/mol.